The van der Waals surface area contributed by atoms with Crippen LogP contribution >= 0.6 is 11.3 Å². The Bertz CT molecular complexity index is 1330. The highest BCUT2D eigenvalue weighted by atomic mass is 32.1. The highest BCUT2D eigenvalue weighted by molar-refractivity contribution is 7.19. The van der Waals surface area contributed by atoms with Gasteiger partial charge in [0.15, 0.2) is 11.5 Å². The Morgan fingerprint density at radius 1 is 1.09 bits per heavy atom. The first-order chi connectivity index (χ1) is 15.5. The van der Waals surface area contributed by atoms with Gasteiger partial charge in [0.1, 0.15) is 4.83 Å². The van der Waals surface area contributed by atoms with E-state index in [1.54, 1.807) is 25.3 Å². The van der Waals surface area contributed by atoms with Crippen LogP contribution in [0.5, 0.6) is 11.5 Å². The van der Waals surface area contributed by atoms with Gasteiger partial charge in [-0.25, -0.2) is 4.98 Å². The number of nitrogens with zero attached hydrogens (tertiary/aromatic N) is 2. The molecule has 0 saturated heterocycles. The molecule has 0 fully saturated rings. The molecule has 4 rings (SSSR count). The number of fused-ring (bicyclic) bond motifs is 1. The number of anilines is 1. The van der Waals surface area contributed by atoms with Crippen LogP contribution in [0.15, 0.2) is 59.7 Å². The third-order valence-electron chi connectivity index (χ3n) is 5.16. The zero-order valence-electron chi connectivity index (χ0n) is 18.0. The lowest BCUT2D eigenvalue weighted by Crippen LogP contribution is -2.23. The molecule has 1 N–H and O–H groups in total. The Balaban J connectivity index is 1.54. The first-order valence-corrected chi connectivity index (χ1v) is 10.9. The Morgan fingerprint density at radius 2 is 1.84 bits per heavy atom. The van der Waals surface area contributed by atoms with Gasteiger partial charge in [0.05, 0.1) is 25.9 Å². The summed E-state index contributed by atoms with van der Waals surface area (Å²) in [7, 11) is 3.09. The van der Waals surface area contributed by atoms with Crippen LogP contribution in [-0.4, -0.2) is 29.7 Å². The molecule has 0 unspecified atom stereocenters. The second-order valence-electron chi connectivity index (χ2n) is 7.19. The number of aryl methyl sites for hydroxylation is 2. The van der Waals surface area contributed by atoms with Gasteiger partial charge in [-0.15, -0.1) is 11.3 Å². The minimum absolute atomic E-state index is 0.130. The molecule has 164 valence electrons. The molecular formula is C24H23N3O4S. The molecule has 1 amide bonds. The third kappa shape index (κ3) is 4.22. The molecule has 0 spiro atoms. The van der Waals surface area contributed by atoms with Crippen molar-refractivity contribution in [3.8, 4) is 22.6 Å². The lowest BCUT2D eigenvalue weighted by atomic mass is 10.0. The largest absolute Gasteiger partial charge is 0.493 e. The molecule has 0 aliphatic heterocycles. The minimum Gasteiger partial charge on any atom is -0.493 e. The summed E-state index contributed by atoms with van der Waals surface area (Å²) in [6, 6.07) is 15.0. The monoisotopic (exact) mass is 449 g/mol. The molecule has 4 aromatic rings. The molecule has 0 aliphatic rings. The number of carbonyl (C=O) groups is 1. The molecule has 2 aromatic carbocycles. The molecule has 2 heterocycles. The molecule has 0 atom stereocenters. The van der Waals surface area contributed by atoms with Crippen LogP contribution in [0.2, 0.25) is 0 Å². The van der Waals surface area contributed by atoms with Crippen LogP contribution in [0.25, 0.3) is 21.3 Å². The molecule has 8 heteroatoms. The van der Waals surface area contributed by atoms with E-state index in [-0.39, 0.29) is 24.4 Å². The average molecular weight is 450 g/mol. The molecule has 0 radical (unpaired) electrons. The van der Waals surface area contributed by atoms with E-state index in [1.165, 1.54) is 29.3 Å². The summed E-state index contributed by atoms with van der Waals surface area (Å²) in [5, 5.41) is 3.43. The topological polar surface area (TPSA) is 82.5 Å². The standard InChI is InChI=1S/C24H23N3O4S/c1-15-21(16-7-5-4-6-8-16)22-23(32-15)25-14-27(24(22)29)12-11-20(28)26-17-9-10-18(30-2)19(13-17)31-3/h4-10,13-14H,11-12H2,1-3H3,(H,26,28). The fourth-order valence-corrected chi connectivity index (χ4v) is 4.61. The van der Waals surface area contributed by atoms with Crippen molar-refractivity contribution in [3.05, 3.63) is 70.1 Å². The van der Waals surface area contributed by atoms with Gasteiger partial charge < -0.3 is 14.8 Å². The van der Waals surface area contributed by atoms with E-state index in [4.69, 9.17) is 9.47 Å². The number of hydrogen-bond acceptors (Lipinski definition) is 6. The predicted molar refractivity (Wildman–Crippen MR) is 127 cm³/mol. The van der Waals surface area contributed by atoms with Crippen molar-refractivity contribution in [3.63, 3.8) is 0 Å². The number of thiophene rings is 1. The van der Waals surface area contributed by atoms with E-state index >= 15 is 0 Å². The minimum atomic E-state index is -0.214. The SMILES string of the molecule is COc1ccc(NC(=O)CCn2cnc3sc(C)c(-c4ccccc4)c3c2=O)cc1OC. The first kappa shape index (κ1) is 21.6. The molecule has 2 aromatic heterocycles. The Hall–Kier alpha value is -3.65. The highest BCUT2D eigenvalue weighted by Crippen LogP contribution is 2.35. The van der Waals surface area contributed by atoms with E-state index in [0.29, 0.717) is 27.4 Å². The molecule has 7 nitrogen and oxygen atoms in total. The number of rotatable bonds is 7. The quantitative estimate of drug-likeness (QED) is 0.450. The van der Waals surface area contributed by atoms with E-state index in [2.05, 4.69) is 10.3 Å². The van der Waals surface area contributed by atoms with Gasteiger partial charge in [-0.05, 0) is 24.6 Å². The summed E-state index contributed by atoms with van der Waals surface area (Å²) in [5.41, 5.74) is 2.34. The molecular weight excluding hydrogens is 426 g/mol. The van der Waals surface area contributed by atoms with Gasteiger partial charge in [0.2, 0.25) is 5.91 Å². The van der Waals surface area contributed by atoms with E-state index in [0.717, 1.165) is 16.0 Å². The van der Waals surface area contributed by atoms with Crippen LogP contribution in [0, 0.1) is 6.92 Å². The maximum atomic E-state index is 13.2. The van der Waals surface area contributed by atoms with E-state index in [1.807, 2.05) is 37.3 Å². The van der Waals surface area contributed by atoms with Gasteiger partial charge in [-0.3, -0.25) is 14.2 Å². The maximum Gasteiger partial charge on any atom is 0.262 e. The van der Waals surface area contributed by atoms with Crippen molar-refractivity contribution in [1.82, 2.24) is 9.55 Å². The highest BCUT2D eigenvalue weighted by Gasteiger charge is 2.17. The van der Waals surface area contributed by atoms with Crippen molar-refractivity contribution >= 4 is 33.1 Å². The van der Waals surface area contributed by atoms with Gasteiger partial charge in [-0.2, -0.15) is 0 Å². The predicted octanol–water partition coefficient (Wildman–Crippen LogP) is 4.48. The third-order valence-corrected chi connectivity index (χ3v) is 6.18. The summed E-state index contributed by atoms with van der Waals surface area (Å²) in [5.74, 6) is 0.892. The Morgan fingerprint density at radius 3 is 2.56 bits per heavy atom. The Labute approximate surface area is 189 Å². The van der Waals surface area contributed by atoms with E-state index < -0.39 is 0 Å². The zero-order valence-corrected chi connectivity index (χ0v) is 18.9. The maximum absolute atomic E-state index is 13.2. The number of ether oxygens (including phenoxy) is 2. The number of methoxy groups -OCH3 is 2. The lowest BCUT2D eigenvalue weighted by Gasteiger charge is -2.11. The molecule has 0 bridgehead atoms. The number of nitrogens with one attached hydrogen (secondary N) is 1. The lowest BCUT2D eigenvalue weighted by molar-refractivity contribution is -0.116. The summed E-state index contributed by atoms with van der Waals surface area (Å²) < 4.78 is 12.0. The van der Waals surface area contributed by atoms with Gasteiger partial charge >= 0.3 is 0 Å². The van der Waals surface area contributed by atoms with Gasteiger partial charge in [0, 0.05) is 35.2 Å². The van der Waals surface area contributed by atoms with Crippen LogP contribution in [0.4, 0.5) is 5.69 Å². The summed E-state index contributed by atoms with van der Waals surface area (Å²) in [6.45, 7) is 2.22. The van der Waals surface area contributed by atoms with Crippen molar-refractivity contribution < 1.29 is 14.3 Å². The average Bonchev–Trinajstić information content (AvgIpc) is 3.15. The van der Waals surface area contributed by atoms with Crippen molar-refractivity contribution in [2.24, 2.45) is 0 Å². The van der Waals surface area contributed by atoms with Crippen LogP contribution in [0.1, 0.15) is 11.3 Å². The second-order valence-corrected chi connectivity index (χ2v) is 8.39. The number of amides is 1. The van der Waals surface area contributed by atoms with Crippen molar-refractivity contribution in [2.75, 3.05) is 19.5 Å². The number of aromatic nitrogens is 2. The van der Waals surface area contributed by atoms with Crippen LogP contribution < -0.4 is 20.3 Å². The molecule has 0 saturated carbocycles. The molecule has 0 aliphatic carbocycles. The number of hydrogen-bond donors (Lipinski definition) is 1. The fraction of sp³-hybridized carbons (Fsp3) is 0.208. The summed E-state index contributed by atoms with van der Waals surface area (Å²) in [4.78, 5) is 31.9. The fourth-order valence-electron chi connectivity index (χ4n) is 3.61. The zero-order chi connectivity index (χ0) is 22.7. The smallest absolute Gasteiger partial charge is 0.262 e. The summed E-state index contributed by atoms with van der Waals surface area (Å²) in [6.07, 6.45) is 1.64. The second kappa shape index (κ2) is 9.23. The van der Waals surface area contributed by atoms with Gasteiger partial charge in [0.25, 0.3) is 5.56 Å². The van der Waals surface area contributed by atoms with E-state index in [9.17, 15) is 9.59 Å². The van der Waals surface area contributed by atoms with Crippen molar-refractivity contribution in [1.29, 1.82) is 0 Å². The summed E-state index contributed by atoms with van der Waals surface area (Å²) >= 11 is 1.50. The number of benzene rings is 2. The number of carbonyl (C=O) groups excluding carboxylic acids is 1. The van der Waals surface area contributed by atoms with Crippen LogP contribution in [0.3, 0.4) is 0 Å². The molecule has 32 heavy (non-hydrogen) atoms. The van der Waals surface area contributed by atoms with Crippen LogP contribution in [-0.2, 0) is 11.3 Å². The van der Waals surface area contributed by atoms with Crippen molar-refractivity contribution in [2.45, 2.75) is 19.9 Å². The van der Waals surface area contributed by atoms with Gasteiger partial charge in [-0.1, -0.05) is 30.3 Å². The normalized spacial score (nSPS) is 10.8. The Kier molecular flexibility index (Phi) is 6.23. The first-order valence-electron chi connectivity index (χ1n) is 10.1.